The van der Waals surface area contributed by atoms with Crippen molar-refractivity contribution in [2.75, 3.05) is 0 Å². The number of aryl methyl sites for hydroxylation is 2. The number of nitrogens with zero attached hydrogens (tertiary/aromatic N) is 5. The van der Waals surface area contributed by atoms with Crippen LogP contribution in [-0.4, -0.2) is 130 Å². The number of aromatic amines is 10. The molecule has 0 radical (unpaired) electrons. The molecule has 20 rings (SSSR count). The monoisotopic (exact) mass is 1910 g/mol. The van der Waals surface area contributed by atoms with Gasteiger partial charge in [0.25, 0.3) is 0 Å². The first kappa shape index (κ1) is 93.0. The maximum Gasteiger partial charge on any atom is 0.338 e. The van der Waals surface area contributed by atoms with Crippen molar-refractivity contribution in [2.24, 2.45) is 0 Å². The number of imidazole rings is 5. The molecule has 0 spiro atoms. The largest absolute Gasteiger partial charge is 0.478 e. The number of hydrogen-bond donors (Lipinski definition) is 15. The maximum absolute atomic E-state index is 13.8. The van der Waals surface area contributed by atoms with Gasteiger partial charge in [-0.25, -0.2) is 53.3 Å². The lowest BCUT2D eigenvalue weighted by Crippen LogP contribution is -2.03. The molecule has 15 N–H and O–H groups in total. The van der Waals surface area contributed by atoms with Gasteiger partial charge < -0.3 is 75.4 Å². The van der Waals surface area contributed by atoms with E-state index in [0.29, 0.717) is 157 Å². The lowest BCUT2D eigenvalue weighted by atomic mass is 10.0. The Bertz CT molecular complexity index is 7550. The highest BCUT2D eigenvalue weighted by Gasteiger charge is 2.26. The third kappa shape index (κ3) is 21.8. The van der Waals surface area contributed by atoms with Crippen molar-refractivity contribution < 1.29 is 53.9 Å². The number of hydrogen-bond acceptors (Lipinski definition) is 15. The molecule has 0 aliphatic rings. The number of H-pyrrole nitrogens is 10. The van der Waals surface area contributed by atoms with Crippen LogP contribution in [0.15, 0.2) is 369 Å². The number of pyridine rings is 5. The Morgan fingerprint density at radius 1 is 0.245 bits per heavy atom. The number of aromatic carboxylic acids is 5. The molecule has 0 aliphatic carbocycles. The molecule has 0 fully saturated rings. The highest BCUT2D eigenvalue weighted by molar-refractivity contribution is 9.10. The summed E-state index contributed by atoms with van der Waals surface area (Å²) in [7, 11) is 0. The zero-order valence-electron chi connectivity index (χ0n) is 73.1. The van der Waals surface area contributed by atoms with Crippen molar-refractivity contribution in [1.29, 1.82) is 0 Å². The number of halogens is 2. The molecule has 0 aliphatic heterocycles. The molecule has 684 valence electrons. The number of carbonyl (C=O) groups is 5. The predicted octanol–water partition coefficient (Wildman–Crippen LogP) is 20.5. The minimum atomic E-state index is -1.36. The van der Waals surface area contributed by atoms with E-state index in [1.807, 2.05) is 164 Å². The summed E-state index contributed by atoms with van der Waals surface area (Å²) < 4.78 is 14.3. The second-order valence-electron chi connectivity index (χ2n) is 31.1. The average Bonchev–Trinajstić information content (AvgIpc) is 1.65. The summed E-state index contributed by atoms with van der Waals surface area (Å²) in [5, 5.41) is 46.9. The van der Waals surface area contributed by atoms with Crippen LogP contribution in [0, 0.1) is 19.7 Å². The molecular weight excluding hydrogens is 1830 g/mol. The summed E-state index contributed by atoms with van der Waals surface area (Å²) in [5.74, 6) is -3.11. The van der Waals surface area contributed by atoms with Crippen LogP contribution in [-0.2, 0) is 0 Å². The van der Waals surface area contributed by atoms with Crippen molar-refractivity contribution >= 4 is 45.8 Å². The van der Waals surface area contributed by atoms with Gasteiger partial charge in [-0.15, -0.1) is 0 Å². The quantitative estimate of drug-likeness (QED) is 0.0337. The first-order valence-corrected chi connectivity index (χ1v) is 43.3. The third-order valence-electron chi connectivity index (χ3n) is 21.9. The molecule has 0 bridgehead atoms. The van der Waals surface area contributed by atoms with E-state index in [-0.39, 0.29) is 50.1 Å². The highest BCUT2D eigenvalue weighted by Crippen LogP contribution is 2.41. The molecule has 10 heterocycles. The van der Waals surface area contributed by atoms with E-state index in [0.717, 1.165) is 33.9 Å². The Kier molecular flexibility index (Phi) is 27.9. The standard InChI is InChI=1S/2C22H17N3O3.C21H14BrN3O3.C21H14FN3O3.C21H15N3O3/c2*1-13-7-8-15(11-17(13)22(27)28)19-20(16-9-10-23-18(26)12-16)25-21(24-19)14-5-3-2-4-6-14;2*22-16-7-6-13(10-15(16)21(27)28)18-19(14-8-9-23-17(26)11-14)25-20(24-18)12-4-2-1-3-5-12;25-17-12-15(9-10-22-17)19-18(14-7-4-8-16(11-14)21(26)27)23-20(24-19)13-5-2-1-3-6-13/h2*2-12H,1H3,(H,23,26)(H,24,25)(H,27,28);2*1-11H,(H,23,26)(H,24,25)(H,27,28);1-12H,(H,22,25)(H,23,24)(H,26,27). The van der Waals surface area contributed by atoms with Crippen LogP contribution >= 0.6 is 15.9 Å². The van der Waals surface area contributed by atoms with Crippen molar-refractivity contribution in [3.05, 3.63) is 441 Å². The molecule has 10 aromatic carbocycles. The van der Waals surface area contributed by atoms with Crippen LogP contribution in [0.25, 0.3) is 170 Å². The third-order valence-corrected chi connectivity index (χ3v) is 22.6. The molecular formula is C107H77BrFN15O15. The second-order valence-corrected chi connectivity index (χ2v) is 32.0. The Labute approximate surface area is 794 Å². The van der Waals surface area contributed by atoms with Crippen LogP contribution in [0.3, 0.4) is 0 Å². The predicted molar refractivity (Wildman–Crippen MR) is 530 cm³/mol. The molecule has 30 nitrogen and oxygen atoms in total. The van der Waals surface area contributed by atoms with Crippen LogP contribution < -0.4 is 27.8 Å². The van der Waals surface area contributed by atoms with Gasteiger partial charge in [0.2, 0.25) is 27.8 Å². The van der Waals surface area contributed by atoms with Crippen LogP contribution in [0.5, 0.6) is 0 Å². The molecule has 0 unspecified atom stereocenters. The summed E-state index contributed by atoms with van der Waals surface area (Å²) in [6, 6.07) is 89.7. The summed E-state index contributed by atoms with van der Waals surface area (Å²) in [5.41, 5.74) is 17.0. The SMILES string of the molecule is Cc1ccc(-c2nc(-c3ccccc3)[nH]c2-c2cc[nH]c(=O)c2)cc1C(=O)O.Cc1ccc(-c2nc(-c3ccccc3)[nH]c2-c2cc[nH]c(=O)c2)cc1C(=O)O.O=C(O)c1cc(-c2nc(-c3ccccc3)[nH]c2-c2cc[nH]c(=O)c2)ccc1Br.O=C(O)c1cc(-c2nc(-c3ccccc3)[nH]c2-c2cc[nH]c(=O)c2)ccc1F.O=C(O)c1cccc(-c2nc(-c3ccccc3)[nH]c2-c2cc[nH]c(=O)c2)c1. The lowest BCUT2D eigenvalue weighted by Gasteiger charge is -2.06. The van der Waals surface area contributed by atoms with E-state index >= 15 is 0 Å². The van der Waals surface area contributed by atoms with E-state index in [1.54, 1.807) is 130 Å². The Morgan fingerprint density at radius 2 is 0.482 bits per heavy atom. The molecule has 20 aromatic rings. The minimum Gasteiger partial charge on any atom is -0.478 e. The Hall–Kier alpha value is -19.2. The number of carboxylic acid groups (broad SMARTS) is 5. The first-order valence-electron chi connectivity index (χ1n) is 42.5. The number of aromatic nitrogens is 15. The normalized spacial score (nSPS) is 10.7. The summed E-state index contributed by atoms with van der Waals surface area (Å²) in [6.45, 7) is 3.51. The summed E-state index contributed by atoms with van der Waals surface area (Å²) in [4.78, 5) is 169. The first-order chi connectivity index (χ1) is 67.2. The molecule has 139 heavy (non-hydrogen) atoms. The van der Waals surface area contributed by atoms with Gasteiger partial charge in [-0.2, -0.15) is 0 Å². The zero-order chi connectivity index (χ0) is 97.5. The van der Waals surface area contributed by atoms with E-state index in [4.69, 9.17) is 19.9 Å². The number of carboxylic acids is 5. The molecule has 0 saturated carbocycles. The van der Waals surface area contributed by atoms with Gasteiger partial charge in [-0.05, 0) is 126 Å². The van der Waals surface area contributed by atoms with Gasteiger partial charge in [0.15, 0.2) is 0 Å². The van der Waals surface area contributed by atoms with Crippen LogP contribution in [0.1, 0.15) is 62.9 Å². The van der Waals surface area contributed by atoms with Crippen LogP contribution in [0.4, 0.5) is 4.39 Å². The zero-order valence-corrected chi connectivity index (χ0v) is 74.7. The molecule has 0 atom stereocenters. The van der Waals surface area contributed by atoms with E-state index < -0.39 is 41.2 Å². The molecule has 0 saturated heterocycles. The fraction of sp³-hybridized carbons (Fsp3) is 0.0187. The van der Waals surface area contributed by atoms with Gasteiger partial charge in [0.05, 0.1) is 84.8 Å². The van der Waals surface area contributed by atoms with Crippen LogP contribution in [0.2, 0.25) is 0 Å². The fourth-order valence-electron chi connectivity index (χ4n) is 15.1. The fourth-order valence-corrected chi connectivity index (χ4v) is 15.5. The van der Waals surface area contributed by atoms with Gasteiger partial charge in [0, 0.05) is 149 Å². The topological polar surface area (TPSA) is 494 Å². The van der Waals surface area contributed by atoms with Crippen molar-refractivity contribution in [1.82, 2.24) is 74.8 Å². The van der Waals surface area contributed by atoms with Gasteiger partial charge in [0.1, 0.15) is 34.9 Å². The number of benzene rings is 10. The van der Waals surface area contributed by atoms with Crippen molar-refractivity contribution in [2.45, 2.75) is 13.8 Å². The maximum atomic E-state index is 13.8. The smallest absolute Gasteiger partial charge is 0.338 e. The van der Waals surface area contributed by atoms with Gasteiger partial charge in [-0.1, -0.05) is 194 Å². The van der Waals surface area contributed by atoms with E-state index in [1.165, 1.54) is 54.7 Å². The van der Waals surface area contributed by atoms with Crippen molar-refractivity contribution in [3.63, 3.8) is 0 Å². The molecule has 32 heteroatoms. The van der Waals surface area contributed by atoms with E-state index in [2.05, 4.69) is 70.8 Å². The van der Waals surface area contributed by atoms with Gasteiger partial charge >= 0.3 is 29.8 Å². The lowest BCUT2D eigenvalue weighted by molar-refractivity contribution is 0.0681. The average molecular weight is 1910 g/mol. The Balaban J connectivity index is 0.000000125. The molecule has 0 amide bonds. The Morgan fingerprint density at radius 3 is 0.741 bits per heavy atom. The second kappa shape index (κ2) is 41.7. The van der Waals surface area contributed by atoms with E-state index in [9.17, 15) is 77.9 Å². The summed E-state index contributed by atoms with van der Waals surface area (Å²) in [6.07, 6.45) is 7.79. The number of nitrogens with one attached hydrogen (secondary N) is 10. The van der Waals surface area contributed by atoms with Crippen molar-refractivity contribution in [3.8, 4) is 170 Å². The minimum absolute atomic E-state index is 0.138. The summed E-state index contributed by atoms with van der Waals surface area (Å²) >= 11 is 3.26. The molecule has 10 aromatic heterocycles. The number of rotatable bonds is 20. The highest BCUT2D eigenvalue weighted by atomic mass is 79.9. The van der Waals surface area contributed by atoms with Gasteiger partial charge in [-0.3, -0.25) is 24.0 Å².